The van der Waals surface area contributed by atoms with E-state index in [0.29, 0.717) is 6.54 Å². The first-order valence-electron chi connectivity index (χ1n) is 6.78. The summed E-state index contributed by atoms with van der Waals surface area (Å²) in [4.78, 5) is 0. The van der Waals surface area contributed by atoms with E-state index in [1.54, 1.807) is 0 Å². The number of hydrogen-bond donors (Lipinski definition) is 1. The largest absolute Gasteiger partial charge is 0.478 e. The van der Waals surface area contributed by atoms with Crippen LogP contribution in [0.2, 0.25) is 0 Å². The predicted molar refractivity (Wildman–Crippen MR) is 86.9 cm³/mol. The van der Waals surface area contributed by atoms with Crippen LogP contribution in [0.5, 0.6) is 5.75 Å². The van der Waals surface area contributed by atoms with Gasteiger partial charge < -0.3 is 10.1 Å². The highest BCUT2D eigenvalue weighted by Crippen LogP contribution is 2.24. The Labute approximate surface area is 133 Å². The Morgan fingerprint density at radius 3 is 2.67 bits per heavy atom. The Kier molecular flexibility index (Phi) is 5.79. The lowest BCUT2D eigenvalue weighted by molar-refractivity contribution is 0.361. The third kappa shape index (κ3) is 4.32. The summed E-state index contributed by atoms with van der Waals surface area (Å²) in [6.07, 6.45) is 0. The zero-order valence-corrected chi connectivity index (χ0v) is 13.4. The maximum Gasteiger partial charge on any atom is 0.174 e. The molecule has 0 aliphatic carbocycles. The van der Waals surface area contributed by atoms with Crippen LogP contribution in [0.25, 0.3) is 0 Å². The van der Waals surface area contributed by atoms with Crippen molar-refractivity contribution in [1.29, 1.82) is 5.26 Å². The van der Waals surface area contributed by atoms with Crippen molar-refractivity contribution in [3.8, 4) is 11.8 Å². The van der Waals surface area contributed by atoms with E-state index >= 15 is 0 Å². The summed E-state index contributed by atoms with van der Waals surface area (Å²) in [5.41, 5.74) is 2.26. The molecule has 0 unspecified atom stereocenters. The van der Waals surface area contributed by atoms with Gasteiger partial charge in [0.15, 0.2) is 6.61 Å². The molecule has 0 saturated heterocycles. The molecule has 21 heavy (non-hydrogen) atoms. The van der Waals surface area contributed by atoms with E-state index < -0.39 is 0 Å². The maximum absolute atomic E-state index is 8.62. The number of halogens is 1. The summed E-state index contributed by atoms with van der Waals surface area (Å²) in [6, 6.07) is 18.2. The first-order chi connectivity index (χ1) is 10.2. The minimum absolute atomic E-state index is 0.0663. The second-order valence-corrected chi connectivity index (χ2v) is 5.53. The highest BCUT2D eigenvalue weighted by atomic mass is 79.9. The average molecular weight is 345 g/mol. The number of nitrogens with one attached hydrogen (secondary N) is 1. The zero-order valence-electron chi connectivity index (χ0n) is 11.8. The van der Waals surface area contributed by atoms with Gasteiger partial charge in [0.25, 0.3) is 0 Å². The van der Waals surface area contributed by atoms with Crippen molar-refractivity contribution < 1.29 is 4.74 Å². The molecule has 0 saturated carbocycles. The summed E-state index contributed by atoms with van der Waals surface area (Å²) in [7, 11) is 0. The van der Waals surface area contributed by atoms with Crippen LogP contribution in [0.3, 0.4) is 0 Å². The Hall–Kier alpha value is -1.83. The highest BCUT2D eigenvalue weighted by molar-refractivity contribution is 9.10. The lowest BCUT2D eigenvalue weighted by atomic mass is 10.1. The van der Waals surface area contributed by atoms with Crippen molar-refractivity contribution in [2.24, 2.45) is 0 Å². The van der Waals surface area contributed by atoms with Gasteiger partial charge in [-0.2, -0.15) is 5.26 Å². The van der Waals surface area contributed by atoms with Gasteiger partial charge in [-0.1, -0.05) is 52.3 Å². The van der Waals surface area contributed by atoms with Gasteiger partial charge >= 0.3 is 0 Å². The van der Waals surface area contributed by atoms with Crippen molar-refractivity contribution in [3.05, 3.63) is 64.1 Å². The highest BCUT2D eigenvalue weighted by Gasteiger charge is 2.09. The molecule has 0 aromatic heterocycles. The molecule has 0 aliphatic heterocycles. The molecular weight excluding hydrogens is 328 g/mol. The Morgan fingerprint density at radius 1 is 1.19 bits per heavy atom. The molecule has 0 fully saturated rings. The van der Waals surface area contributed by atoms with Crippen LogP contribution in [0.1, 0.15) is 24.1 Å². The third-order valence-corrected chi connectivity index (χ3v) is 3.96. The molecule has 3 nitrogen and oxygen atoms in total. The van der Waals surface area contributed by atoms with Crippen LogP contribution >= 0.6 is 15.9 Å². The van der Waals surface area contributed by atoms with Crippen LogP contribution in [0.15, 0.2) is 53.0 Å². The molecule has 0 heterocycles. The summed E-state index contributed by atoms with van der Waals surface area (Å²) >= 11 is 3.57. The monoisotopic (exact) mass is 344 g/mol. The summed E-state index contributed by atoms with van der Waals surface area (Å²) in [6.45, 7) is 2.87. The number of rotatable bonds is 6. The van der Waals surface area contributed by atoms with Crippen LogP contribution < -0.4 is 10.1 Å². The summed E-state index contributed by atoms with van der Waals surface area (Å²) < 4.78 is 6.53. The molecule has 2 aromatic rings. The molecule has 0 spiro atoms. The molecular formula is C17H17BrN2O. The lowest BCUT2D eigenvalue weighted by Gasteiger charge is -2.17. The van der Waals surface area contributed by atoms with E-state index in [1.807, 2.05) is 48.5 Å². The van der Waals surface area contributed by atoms with Gasteiger partial charge in [-0.25, -0.2) is 0 Å². The van der Waals surface area contributed by atoms with Crippen LogP contribution in [-0.2, 0) is 6.54 Å². The molecule has 2 rings (SSSR count). The van der Waals surface area contributed by atoms with Gasteiger partial charge in [0.1, 0.15) is 11.8 Å². The van der Waals surface area contributed by atoms with Gasteiger partial charge in [0.2, 0.25) is 0 Å². The fourth-order valence-electron chi connectivity index (χ4n) is 2.10. The smallest absolute Gasteiger partial charge is 0.174 e. The fourth-order valence-corrected chi connectivity index (χ4v) is 2.73. The Morgan fingerprint density at radius 2 is 1.90 bits per heavy atom. The van der Waals surface area contributed by atoms with Crippen molar-refractivity contribution in [1.82, 2.24) is 5.32 Å². The van der Waals surface area contributed by atoms with E-state index in [0.717, 1.165) is 15.8 Å². The van der Waals surface area contributed by atoms with E-state index in [9.17, 15) is 0 Å². The van der Waals surface area contributed by atoms with Gasteiger partial charge in [-0.15, -0.1) is 0 Å². The number of nitrogens with zero attached hydrogens (tertiary/aromatic N) is 1. The number of para-hydroxylation sites is 1. The van der Waals surface area contributed by atoms with Gasteiger partial charge in [-0.3, -0.25) is 0 Å². The number of ether oxygens (including phenoxy) is 1. The number of nitriles is 1. The van der Waals surface area contributed by atoms with E-state index in [4.69, 9.17) is 10.00 Å². The Bertz CT molecular complexity index is 637. The summed E-state index contributed by atoms with van der Waals surface area (Å²) in [5, 5.41) is 12.1. The molecule has 0 radical (unpaired) electrons. The second kappa shape index (κ2) is 7.82. The van der Waals surface area contributed by atoms with Gasteiger partial charge in [0.05, 0.1) is 0 Å². The molecule has 2 aromatic carbocycles. The quantitative estimate of drug-likeness (QED) is 0.853. The van der Waals surface area contributed by atoms with Crippen molar-refractivity contribution in [2.45, 2.75) is 19.5 Å². The topological polar surface area (TPSA) is 45.0 Å². The SMILES string of the molecule is C[C@@H](NCc1ccccc1OCC#N)c1ccccc1Br. The molecule has 108 valence electrons. The minimum atomic E-state index is 0.0663. The molecule has 1 atom stereocenters. The van der Waals surface area contributed by atoms with E-state index in [2.05, 4.69) is 34.2 Å². The van der Waals surface area contributed by atoms with Crippen molar-refractivity contribution in [3.63, 3.8) is 0 Å². The normalized spacial score (nSPS) is 11.7. The molecule has 4 heteroatoms. The van der Waals surface area contributed by atoms with Crippen LogP contribution in [0.4, 0.5) is 0 Å². The maximum atomic E-state index is 8.62. The first-order valence-corrected chi connectivity index (χ1v) is 7.57. The van der Waals surface area contributed by atoms with Crippen molar-refractivity contribution in [2.75, 3.05) is 6.61 Å². The lowest BCUT2D eigenvalue weighted by Crippen LogP contribution is -2.19. The molecule has 1 N–H and O–H groups in total. The van der Waals surface area contributed by atoms with Gasteiger partial charge in [0, 0.05) is 22.6 Å². The standard InChI is InChI=1S/C17H17BrN2O/c1-13(15-7-3-4-8-16(15)18)20-12-14-6-2-5-9-17(14)21-11-10-19/h2-9,13,20H,11-12H2,1H3/t13-/m1/s1. The van der Waals surface area contributed by atoms with E-state index in [-0.39, 0.29) is 12.6 Å². The molecule has 0 bridgehead atoms. The number of hydrogen-bond acceptors (Lipinski definition) is 3. The third-order valence-electron chi connectivity index (χ3n) is 3.24. The van der Waals surface area contributed by atoms with Gasteiger partial charge in [-0.05, 0) is 24.6 Å². The predicted octanol–water partition coefficient (Wildman–Crippen LogP) is 4.20. The molecule has 0 aliphatic rings. The molecule has 0 amide bonds. The van der Waals surface area contributed by atoms with Crippen molar-refractivity contribution >= 4 is 15.9 Å². The summed E-state index contributed by atoms with van der Waals surface area (Å²) in [5.74, 6) is 0.755. The minimum Gasteiger partial charge on any atom is -0.478 e. The fraction of sp³-hybridized carbons (Fsp3) is 0.235. The second-order valence-electron chi connectivity index (χ2n) is 4.68. The van der Waals surface area contributed by atoms with Crippen LogP contribution in [0, 0.1) is 11.3 Å². The van der Waals surface area contributed by atoms with Crippen LogP contribution in [-0.4, -0.2) is 6.61 Å². The number of benzene rings is 2. The Balaban J connectivity index is 2.03. The average Bonchev–Trinajstić information content (AvgIpc) is 2.52. The first kappa shape index (κ1) is 15.6. The zero-order chi connectivity index (χ0) is 15.1. The van der Waals surface area contributed by atoms with E-state index in [1.165, 1.54) is 5.56 Å².